The first-order valence-electron chi connectivity index (χ1n) is 5.60. The van der Waals surface area contributed by atoms with Crippen molar-refractivity contribution >= 4 is 5.69 Å². The molecule has 2 aromatic carbocycles. The number of aliphatic hydroxyl groups excluding tert-OH is 1. The Morgan fingerprint density at radius 1 is 1.16 bits per heavy atom. The van der Waals surface area contributed by atoms with E-state index in [1.54, 1.807) is 0 Å². The summed E-state index contributed by atoms with van der Waals surface area (Å²) in [5, 5.41) is 10.2. The Balaban J connectivity index is 2.50. The van der Waals surface area contributed by atoms with Crippen molar-refractivity contribution in [1.82, 2.24) is 0 Å². The van der Waals surface area contributed by atoms with Crippen LogP contribution in [0.1, 0.15) is 17.2 Å². The number of methoxy groups -OCH3 is 1. The van der Waals surface area contributed by atoms with Crippen LogP contribution in [-0.4, -0.2) is 12.2 Å². The van der Waals surface area contributed by atoms with Crippen LogP contribution in [0.5, 0.6) is 5.75 Å². The molecule has 1 atom stereocenters. The molecule has 0 bridgehead atoms. The van der Waals surface area contributed by atoms with E-state index in [-0.39, 0.29) is 22.6 Å². The van der Waals surface area contributed by atoms with E-state index in [0.717, 1.165) is 6.07 Å². The van der Waals surface area contributed by atoms with Crippen LogP contribution in [0.25, 0.3) is 0 Å². The van der Waals surface area contributed by atoms with Crippen molar-refractivity contribution < 1.29 is 18.6 Å². The fourth-order valence-corrected chi connectivity index (χ4v) is 1.85. The molecule has 2 aromatic rings. The Hall–Kier alpha value is -2.14. The van der Waals surface area contributed by atoms with Crippen molar-refractivity contribution in [3.8, 4) is 5.75 Å². The Bertz CT molecular complexity index is 602. The minimum Gasteiger partial charge on any atom is -0.494 e. The van der Waals surface area contributed by atoms with Gasteiger partial charge in [0.15, 0.2) is 11.6 Å². The summed E-state index contributed by atoms with van der Waals surface area (Å²) < 4.78 is 32.0. The highest BCUT2D eigenvalue weighted by molar-refractivity contribution is 5.51. The van der Waals surface area contributed by atoms with E-state index in [1.165, 1.54) is 37.4 Å². The van der Waals surface area contributed by atoms with Crippen molar-refractivity contribution in [3.05, 3.63) is 59.2 Å². The topological polar surface area (TPSA) is 55.5 Å². The van der Waals surface area contributed by atoms with Gasteiger partial charge in [-0.2, -0.15) is 0 Å². The molecule has 0 aliphatic rings. The van der Waals surface area contributed by atoms with Crippen LogP contribution in [-0.2, 0) is 0 Å². The Labute approximate surface area is 109 Å². The lowest BCUT2D eigenvalue weighted by molar-refractivity contribution is 0.213. The number of anilines is 1. The highest BCUT2D eigenvalue weighted by Gasteiger charge is 2.20. The van der Waals surface area contributed by atoms with E-state index in [9.17, 15) is 13.9 Å². The zero-order chi connectivity index (χ0) is 14.0. The summed E-state index contributed by atoms with van der Waals surface area (Å²) >= 11 is 0. The molecular formula is C14H13F2NO2. The van der Waals surface area contributed by atoms with E-state index in [4.69, 9.17) is 10.5 Å². The van der Waals surface area contributed by atoms with E-state index < -0.39 is 17.7 Å². The first-order valence-corrected chi connectivity index (χ1v) is 5.60. The third kappa shape index (κ3) is 2.51. The monoisotopic (exact) mass is 265 g/mol. The van der Waals surface area contributed by atoms with Crippen LogP contribution in [0.2, 0.25) is 0 Å². The van der Waals surface area contributed by atoms with Gasteiger partial charge < -0.3 is 15.6 Å². The number of nitrogens with two attached hydrogens (primary N) is 1. The second-order valence-corrected chi connectivity index (χ2v) is 4.04. The van der Waals surface area contributed by atoms with Crippen LogP contribution in [0.15, 0.2) is 36.4 Å². The van der Waals surface area contributed by atoms with Crippen LogP contribution in [0, 0.1) is 11.6 Å². The number of nitrogen functional groups attached to an aromatic ring is 1. The summed E-state index contributed by atoms with van der Waals surface area (Å²) in [6.45, 7) is 0. The largest absolute Gasteiger partial charge is 0.494 e. The highest BCUT2D eigenvalue weighted by atomic mass is 19.1. The molecule has 0 amide bonds. The summed E-state index contributed by atoms with van der Waals surface area (Å²) in [6, 6.07) is 7.95. The molecule has 3 nitrogen and oxygen atoms in total. The number of halogens is 2. The maximum Gasteiger partial charge on any atom is 0.171 e. The summed E-state index contributed by atoms with van der Waals surface area (Å²) in [6.07, 6.45) is -1.36. The minimum absolute atomic E-state index is 0.00604. The highest BCUT2D eigenvalue weighted by Crippen LogP contribution is 2.32. The fraction of sp³-hybridized carbons (Fsp3) is 0.143. The molecule has 0 aliphatic carbocycles. The second kappa shape index (κ2) is 5.24. The molecule has 0 aromatic heterocycles. The van der Waals surface area contributed by atoms with Gasteiger partial charge >= 0.3 is 0 Å². The zero-order valence-electron chi connectivity index (χ0n) is 10.2. The van der Waals surface area contributed by atoms with Crippen LogP contribution >= 0.6 is 0 Å². The van der Waals surface area contributed by atoms with Gasteiger partial charge in [-0.3, -0.25) is 0 Å². The molecule has 0 saturated carbocycles. The lowest BCUT2D eigenvalue weighted by Gasteiger charge is -2.16. The lowest BCUT2D eigenvalue weighted by atomic mass is 9.99. The molecule has 3 N–H and O–H groups in total. The molecule has 100 valence electrons. The molecule has 0 saturated heterocycles. The maximum absolute atomic E-state index is 14.0. The SMILES string of the molecule is COc1cccc(C(O)c2cc(F)ccc2N)c1F. The average molecular weight is 265 g/mol. The first kappa shape index (κ1) is 13.3. The Kier molecular flexibility index (Phi) is 3.66. The van der Waals surface area contributed by atoms with Gasteiger partial charge in [-0.05, 0) is 24.3 Å². The summed E-state index contributed by atoms with van der Waals surface area (Å²) in [5.41, 5.74) is 5.96. The lowest BCUT2D eigenvalue weighted by Crippen LogP contribution is -2.07. The molecule has 2 rings (SSSR count). The molecule has 0 fully saturated rings. The molecule has 19 heavy (non-hydrogen) atoms. The zero-order valence-corrected chi connectivity index (χ0v) is 10.2. The van der Waals surface area contributed by atoms with E-state index in [2.05, 4.69) is 0 Å². The first-order chi connectivity index (χ1) is 9.04. The summed E-state index contributed by atoms with van der Waals surface area (Å²) in [4.78, 5) is 0. The Morgan fingerprint density at radius 2 is 1.89 bits per heavy atom. The molecule has 5 heteroatoms. The number of rotatable bonds is 3. The van der Waals surface area contributed by atoms with Gasteiger partial charge in [0.05, 0.1) is 7.11 Å². The Morgan fingerprint density at radius 3 is 2.58 bits per heavy atom. The van der Waals surface area contributed by atoms with Crippen molar-refractivity contribution in [3.63, 3.8) is 0 Å². The summed E-state index contributed by atoms with van der Waals surface area (Å²) in [7, 11) is 1.32. The fourth-order valence-electron chi connectivity index (χ4n) is 1.85. The smallest absolute Gasteiger partial charge is 0.171 e. The predicted molar refractivity (Wildman–Crippen MR) is 67.8 cm³/mol. The quantitative estimate of drug-likeness (QED) is 0.839. The number of ether oxygens (including phenoxy) is 1. The maximum atomic E-state index is 14.0. The van der Waals surface area contributed by atoms with Gasteiger partial charge in [0.1, 0.15) is 11.9 Å². The molecule has 0 spiro atoms. The van der Waals surface area contributed by atoms with Gasteiger partial charge in [0.25, 0.3) is 0 Å². The van der Waals surface area contributed by atoms with Gasteiger partial charge in [-0.1, -0.05) is 12.1 Å². The number of hydrogen-bond acceptors (Lipinski definition) is 3. The van der Waals surface area contributed by atoms with Crippen LogP contribution in [0.4, 0.5) is 14.5 Å². The number of benzene rings is 2. The minimum atomic E-state index is -1.36. The van der Waals surface area contributed by atoms with Crippen molar-refractivity contribution in [2.24, 2.45) is 0 Å². The number of aliphatic hydroxyl groups is 1. The molecular weight excluding hydrogens is 252 g/mol. The van der Waals surface area contributed by atoms with E-state index in [0.29, 0.717) is 0 Å². The normalized spacial score (nSPS) is 12.2. The van der Waals surface area contributed by atoms with Gasteiger partial charge in [0, 0.05) is 16.8 Å². The predicted octanol–water partition coefficient (Wildman–Crippen LogP) is 2.64. The van der Waals surface area contributed by atoms with Crippen LogP contribution < -0.4 is 10.5 Å². The van der Waals surface area contributed by atoms with Crippen LogP contribution in [0.3, 0.4) is 0 Å². The third-order valence-corrected chi connectivity index (χ3v) is 2.85. The average Bonchev–Trinajstić information content (AvgIpc) is 2.41. The summed E-state index contributed by atoms with van der Waals surface area (Å²) in [5.74, 6) is -1.24. The van der Waals surface area contributed by atoms with Crippen molar-refractivity contribution in [1.29, 1.82) is 0 Å². The number of hydrogen-bond donors (Lipinski definition) is 2. The molecule has 1 unspecified atom stereocenters. The van der Waals surface area contributed by atoms with Gasteiger partial charge in [-0.15, -0.1) is 0 Å². The molecule has 0 radical (unpaired) electrons. The standard InChI is InChI=1S/C14H13F2NO2/c1-19-12-4-2-3-9(13(12)16)14(18)10-7-8(15)5-6-11(10)17/h2-7,14,18H,17H2,1H3. The van der Waals surface area contributed by atoms with E-state index in [1.807, 2.05) is 0 Å². The van der Waals surface area contributed by atoms with Gasteiger partial charge in [0.2, 0.25) is 0 Å². The van der Waals surface area contributed by atoms with Crippen molar-refractivity contribution in [2.45, 2.75) is 6.10 Å². The third-order valence-electron chi connectivity index (χ3n) is 2.85. The molecule has 0 aliphatic heterocycles. The van der Waals surface area contributed by atoms with Gasteiger partial charge in [-0.25, -0.2) is 8.78 Å². The molecule has 0 heterocycles. The second-order valence-electron chi connectivity index (χ2n) is 4.04. The van der Waals surface area contributed by atoms with Crippen molar-refractivity contribution in [2.75, 3.05) is 12.8 Å². The van der Waals surface area contributed by atoms with E-state index >= 15 is 0 Å².